The van der Waals surface area contributed by atoms with Crippen LogP contribution in [0, 0.1) is 11.7 Å². The first-order chi connectivity index (χ1) is 10.3. The lowest BCUT2D eigenvalue weighted by molar-refractivity contribution is 0.317. The Balaban J connectivity index is 1.72. The van der Waals surface area contributed by atoms with Gasteiger partial charge in [-0.15, -0.1) is 0 Å². The van der Waals surface area contributed by atoms with E-state index in [-0.39, 0.29) is 5.82 Å². The van der Waals surface area contributed by atoms with E-state index < -0.39 is 0 Å². The second-order valence-electron chi connectivity index (χ2n) is 5.83. The van der Waals surface area contributed by atoms with Gasteiger partial charge in [-0.05, 0) is 35.7 Å². The predicted octanol–water partition coefficient (Wildman–Crippen LogP) is 3.00. The van der Waals surface area contributed by atoms with E-state index in [1.807, 2.05) is 18.2 Å². The minimum Gasteiger partial charge on any atom is -0.330 e. The van der Waals surface area contributed by atoms with Crippen LogP contribution in [0.5, 0.6) is 0 Å². The van der Waals surface area contributed by atoms with Crippen LogP contribution in [0.25, 0.3) is 0 Å². The Morgan fingerprint density at radius 1 is 1.00 bits per heavy atom. The molecule has 0 aliphatic carbocycles. The molecule has 0 amide bonds. The lowest BCUT2D eigenvalue weighted by Gasteiger charge is -2.17. The highest BCUT2D eigenvalue weighted by Crippen LogP contribution is 2.32. The van der Waals surface area contributed by atoms with Gasteiger partial charge in [0.05, 0.1) is 0 Å². The van der Waals surface area contributed by atoms with Gasteiger partial charge < -0.3 is 5.73 Å². The van der Waals surface area contributed by atoms with Crippen molar-refractivity contribution in [2.24, 2.45) is 11.7 Å². The van der Waals surface area contributed by atoms with Crippen molar-refractivity contribution in [2.75, 3.05) is 19.6 Å². The van der Waals surface area contributed by atoms with Gasteiger partial charge in [0.25, 0.3) is 0 Å². The first-order valence-corrected chi connectivity index (χ1v) is 7.48. The van der Waals surface area contributed by atoms with Gasteiger partial charge in [-0.2, -0.15) is 0 Å². The summed E-state index contributed by atoms with van der Waals surface area (Å²) < 4.78 is 13.1. The van der Waals surface area contributed by atoms with E-state index in [2.05, 4.69) is 29.2 Å². The van der Waals surface area contributed by atoms with Crippen LogP contribution in [0.1, 0.15) is 17.0 Å². The highest BCUT2D eigenvalue weighted by atomic mass is 19.1. The van der Waals surface area contributed by atoms with Crippen LogP contribution in [-0.2, 0) is 6.54 Å². The molecule has 0 saturated carbocycles. The van der Waals surface area contributed by atoms with Gasteiger partial charge in [0.15, 0.2) is 0 Å². The molecular formula is C18H21FN2. The van der Waals surface area contributed by atoms with Crippen molar-refractivity contribution in [2.45, 2.75) is 12.5 Å². The molecule has 2 aromatic carbocycles. The standard InChI is InChI=1S/C18H21FN2/c19-17-8-6-15(7-9-17)18-13-21(12-16(18)10-20)11-14-4-2-1-3-5-14/h1-9,16,18H,10-13,20H2/t16-,18-/m1/s1. The normalized spacial score (nSPS) is 22.6. The van der Waals surface area contributed by atoms with E-state index in [1.165, 1.54) is 11.1 Å². The number of rotatable bonds is 4. The van der Waals surface area contributed by atoms with Crippen molar-refractivity contribution in [3.05, 3.63) is 71.5 Å². The van der Waals surface area contributed by atoms with Gasteiger partial charge >= 0.3 is 0 Å². The van der Waals surface area contributed by atoms with Crippen molar-refractivity contribution < 1.29 is 4.39 Å². The molecule has 1 fully saturated rings. The zero-order valence-corrected chi connectivity index (χ0v) is 12.1. The number of hydrogen-bond donors (Lipinski definition) is 1. The molecular weight excluding hydrogens is 263 g/mol. The maximum Gasteiger partial charge on any atom is 0.123 e. The third kappa shape index (κ3) is 3.31. The third-order valence-electron chi connectivity index (χ3n) is 4.37. The summed E-state index contributed by atoms with van der Waals surface area (Å²) in [5.41, 5.74) is 8.47. The number of likely N-dealkylation sites (tertiary alicyclic amines) is 1. The number of nitrogens with zero attached hydrogens (tertiary/aromatic N) is 1. The zero-order valence-electron chi connectivity index (χ0n) is 12.1. The predicted molar refractivity (Wildman–Crippen MR) is 83.4 cm³/mol. The second kappa shape index (κ2) is 6.37. The number of halogens is 1. The molecule has 0 spiro atoms. The Kier molecular flexibility index (Phi) is 4.32. The van der Waals surface area contributed by atoms with E-state index in [0.717, 1.165) is 19.6 Å². The molecule has 1 saturated heterocycles. The molecule has 1 heterocycles. The number of nitrogens with two attached hydrogens (primary N) is 1. The molecule has 110 valence electrons. The second-order valence-corrected chi connectivity index (χ2v) is 5.83. The van der Waals surface area contributed by atoms with Gasteiger partial charge in [0, 0.05) is 25.6 Å². The molecule has 1 aliphatic heterocycles. The fraction of sp³-hybridized carbons (Fsp3) is 0.333. The van der Waals surface area contributed by atoms with Gasteiger partial charge in [0.2, 0.25) is 0 Å². The maximum absolute atomic E-state index is 13.1. The Hall–Kier alpha value is -1.71. The van der Waals surface area contributed by atoms with E-state index in [0.29, 0.717) is 18.4 Å². The van der Waals surface area contributed by atoms with E-state index >= 15 is 0 Å². The molecule has 2 atom stereocenters. The Morgan fingerprint density at radius 2 is 1.71 bits per heavy atom. The lowest BCUT2D eigenvalue weighted by atomic mass is 9.89. The summed E-state index contributed by atoms with van der Waals surface area (Å²) in [4.78, 5) is 2.45. The summed E-state index contributed by atoms with van der Waals surface area (Å²) in [5.74, 6) is 0.667. The summed E-state index contributed by atoms with van der Waals surface area (Å²) >= 11 is 0. The summed E-state index contributed by atoms with van der Waals surface area (Å²) in [6.07, 6.45) is 0. The largest absolute Gasteiger partial charge is 0.330 e. The van der Waals surface area contributed by atoms with Gasteiger partial charge in [-0.25, -0.2) is 4.39 Å². The molecule has 2 aromatic rings. The average Bonchev–Trinajstić information content (AvgIpc) is 2.92. The van der Waals surface area contributed by atoms with Gasteiger partial charge in [-0.3, -0.25) is 4.90 Å². The molecule has 3 heteroatoms. The van der Waals surface area contributed by atoms with Crippen molar-refractivity contribution in [3.63, 3.8) is 0 Å². The smallest absolute Gasteiger partial charge is 0.123 e. The number of hydrogen-bond acceptors (Lipinski definition) is 2. The minimum atomic E-state index is -0.179. The Bertz CT molecular complexity index is 568. The van der Waals surface area contributed by atoms with E-state index in [4.69, 9.17) is 5.73 Å². The summed E-state index contributed by atoms with van der Waals surface area (Å²) in [6, 6.07) is 17.4. The Labute approximate surface area is 125 Å². The summed E-state index contributed by atoms with van der Waals surface area (Å²) in [5, 5.41) is 0. The lowest BCUT2D eigenvalue weighted by Crippen LogP contribution is -2.23. The van der Waals surface area contributed by atoms with Crippen LogP contribution in [0.3, 0.4) is 0 Å². The molecule has 21 heavy (non-hydrogen) atoms. The quantitative estimate of drug-likeness (QED) is 0.935. The van der Waals surface area contributed by atoms with Crippen LogP contribution >= 0.6 is 0 Å². The summed E-state index contributed by atoms with van der Waals surface area (Å²) in [7, 11) is 0. The first kappa shape index (κ1) is 14.2. The van der Waals surface area contributed by atoms with Gasteiger partial charge in [-0.1, -0.05) is 42.5 Å². The molecule has 1 aliphatic rings. The summed E-state index contributed by atoms with van der Waals surface area (Å²) in [6.45, 7) is 3.62. The maximum atomic E-state index is 13.1. The molecule has 3 rings (SSSR count). The van der Waals surface area contributed by atoms with Crippen LogP contribution in [0.15, 0.2) is 54.6 Å². The molecule has 0 aromatic heterocycles. The van der Waals surface area contributed by atoms with Crippen LogP contribution in [0.4, 0.5) is 4.39 Å². The topological polar surface area (TPSA) is 29.3 Å². The average molecular weight is 284 g/mol. The highest BCUT2D eigenvalue weighted by molar-refractivity contribution is 5.24. The van der Waals surface area contributed by atoms with E-state index in [9.17, 15) is 4.39 Å². The monoisotopic (exact) mass is 284 g/mol. The van der Waals surface area contributed by atoms with Crippen LogP contribution in [-0.4, -0.2) is 24.5 Å². The van der Waals surface area contributed by atoms with E-state index in [1.54, 1.807) is 12.1 Å². The van der Waals surface area contributed by atoms with Crippen LogP contribution < -0.4 is 5.73 Å². The van der Waals surface area contributed by atoms with Crippen LogP contribution in [0.2, 0.25) is 0 Å². The fourth-order valence-corrected chi connectivity index (χ4v) is 3.26. The molecule has 0 bridgehead atoms. The Morgan fingerprint density at radius 3 is 2.38 bits per heavy atom. The SMILES string of the molecule is NC[C@@H]1CN(Cc2ccccc2)C[C@@H]1c1ccc(F)cc1. The third-order valence-corrected chi connectivity index (χ3v) is 4.37. The number of benzene rings is 2. The van der Waals surface area contributed by atoms with Crippen molar-refractivity contribution in [3.8, 4) is 0 Å². The van der Waals surface area contributed by atoms with Crippen molar-refractivity contribution in [1.82, 2.24) is 4.90 Å². The minimum absolute atomic E-state index is 0.179. The fourth-order valence-electron chi connectivity index (χ4n) is 3.26. The van der Waals surface area contributed by atoms with Crippen molar-refractivity contribution in [1.29, 1.82) is 0 Å². The van der Waals surface area contributed by atoms with Gasteiger partial charge in [0.1, 0.15) is 5.82 Å². The molecule has 0 unspecified atom stereocenters. The molecule has 2 N–H and O–H groups in total. The highest BCUT2D eigenvalue weighted by Gasteiger charge is 2.32. The molecule has 0 radical (unpaired) electrons. The van der Waals surface area contributed by atoms with Crippen molar-refractivity contribution >= 4 is 0 Å². The molecule has 2 nitrogen and oxygen atoms in total. The zero-order chi connectivity index (χ0) is 14.7. The first-order valence-electron chi connectivity index (χ1n) is 7.48.